The zero-order valence-electron chi connectivity index (χ0n) is 9.65. The highest BCUT2D eigenvalue weighted by Gasteiger charge is 2.38. The zero-order chi connectivity index (χ0) is 13.3. The Morgan fingerprint density at radius 3 is 2.50 bits per heavy atom. The first-order valence-electron chi connectivity index (χ1n) is 5.38. The number of hydrogen-bond acceptors (Lipinski definition) is 3. The summed E-state index contributed by atoms with van der Waals surface area (Å²) in [6, 6.07) is 2.07. The predicted octanol–water partition coefficient (Wildman–Crippen LogP) is 1.79. The standard InChI is InChI=1S/C12H12F2O4/c1-17-6-2-9(13)11(10(14)3-6)7-4-18-5-8(7)12(15)16/h2-3,7-8H,4-5H2,1H3,(H,15,16)/t7?,8-/m0/s1. The molecule has 1 unspecified atom stereocenters. The molecular formula is C12H12F2O4. The molecule has 0 aliphatic carbocycles. The first-order chi connectivity index (χ1) is 8.54. The van der Waals surface area contributed by atoms with Crippen LogP contribution in [0.5, 0.6) is 5.75 Å². The molecule has 1 aromatic carbocycles. The second kappa shape index (κ2) is 4.89. The van der Waals surface area contributed by atoms with Crippen molar-refractivity contribution < 1.29 is 28.2 Å². The minimum atomic E-state index is -1.12. The van der Waals surface area contributed by atoms with Crippen LogP contribution < -0.4 is 4.74 Å². The molecule has 0 aromatic heterocycles. The topological polar surface area (TPSA) is 55.8 Å². The van der Waals surface area contributed by atoms with Crippen molar-refractivity contribution in [3.63, 3.8) is 0 Å². The smallest absolute Gasteiger partial charge is 0.309 e. The minimum absolute atomic E-state index is 0.00284. The van der Waals surface area contributed by atoms with Gasteiger partial charge in [0, 0.05) is 23.6 Å². The predicted molar refractivity (Wildman–Crippen MR) is 57.6 cm³/mol. The lowest BCUT2D eigenvalue weighted by molar-refractivity contribution is -0.142. The highest BCUT2D eigenvalue weighted by atomic mass is 19.1. The van der Waals surface area contributed by atoms with Crippen LogP contribution in [0.15, 0.2) is 12.1 Å². The number of hydrogen-bond donors (Lipinski definition) is 1. The van der Waals surface area contributed by atoms with Crippen LogP contribution in [-0.2, 0) is 9.53 Å². The summed E-state index contributed by atoms with van der Waals surface area (Å²) in [5, 5.41) is 8.98. The second-order valence-corrected chi connectivity index (χ2v) is 4.09. The molecule has 6 heteroatoms. The Morgan fingerprint density at radius 2 is 2.00 bits per heavy atom. The first kappa shape index (κ1) is 12.8. The van der Waals surface area contributed by atoms with E-state index in [-0.39, 0.29) is 24.5 Å². The van der Waals surface area contributed by atoms with Crippen LogP contribution in [0.4, 0.5) is 8.78 Å². The lowest BCUT2D eigenvalue weighted by atomic mass is 9.88. The van der Waals surface area contributed by atoms with Crippen molar-refractivity contribution in [1.82, 2.24) is 0 Å². The summed E-state index contributed by atoms with van der Waals surface area (Å²) in [6.45, 7) is -0.0396. The Labute approximate surface area is 102 Å². The van der Waals surface area contributed by atoms with Crippen LogP contribution in [0, 0.1) is 17.6 Å². The summed E-state index contributed by atoms with van der Waals surface area (Å²) in [5.41, 5.74) is -0.249. The maximum atomic E-state index is 13.8. The van der Waals surface area contributed by atoms with E-state index in [0.29, 0.717) is 0 Å². The molecule has 0 spiro atoms. The molecule has 98 valence electrons. The number of aliphatic carboxylic acids is 1. The van der Waals surface area contributed by atoms with Crippen LogP contribution >= 0.6 is 0 Å². The van der Waals surface area contributed by atoms with Gasteiger partial charge in [-0.05, 0) is 0 Å². The summed E-state index contributed by atoms with van der Waals surface area (Å²) >= 11 is 0. The molecule has 1 saturated heterocycles. The Balaban J connectivity index is 2.41. The summed E-state index contributed by atoms with van der Waals surface area (Å²) in [4.78, 5) is 11.0. The average molecular weight is 258 g/mol. The second-order valence-electron chi connectivity index (χ2n) is 4.09. The molecule has 0 radical (unpaired) electrons. The molecule has 1 N–H and O–H groups in total. The number of ether oxygens (including phenoxy) is 2. The van der Waals surface area contributed by atoms with Gasteiger partial charge in [0.1, 0.15) is 17.4 Å². The van der Waals surface area contributed by atoms with E-state index >= 15 is 0 Å². The molecule has 2 atom stereocenters. The molecule has 1 fully saturated rings. The Morgan fingerprint density at radius 1 is 1.39 bits per heavy atom. The lowest BCUT2D eigenvalue weighted by Crippen LogP contribution is -2.22. The minimum Gasteiger partial charge on any atom is -0.497 e. The van der Waals surface area contributed by atoms with Crippen molar-refractivity contribution in [3.8, 4) is 5.75 Å². The van der Waals surface area contributed by atoms with Crippen molar-refractivity contribution in [2.45, 2.75) is 5.92 Å². The van der Waals surface area contributed by atoms with Crippen LogP contribution in [-0.4, -0.2) is 31.4 Å². The van der Waals surface area contributed by atoms with Gasteiger partial charge in [0.15, 0.2) is 0 Å². The normalized spacial score (nSPS) is 23.1. The van der Waals surface area contributed by atoms with Crippen molar-refractivity contribution >= 4 is 5.97 Å². The highest BCUT2D eigenvalue weighted by Crippen LogP contribution is 2.35. The highest BCUT2D eigenvalue weighted by molar-refractivity contribution is 5.72. The maximum absolute atomic E-state index is 13.8. The quantitative estimate of drug-likeness (QED) is 0.898. The van der Waals surface area contributed by atoms with E-state index < -0.39 is 29.4 Å². The molecule has 0 saturated carbocycles. The van der Waals surface area contributed by atoms with Crippen molar-refractivity contribution in [1.29, 1.82) is 0 Å². The number of rotatable bonds is 3. The van der Waals surface area contributed by atoms with Crippen molar-refractivity contribution in [2.24, 2.45) is 5.92 Å². The molecule has 1 aliphatic heterocycles. The molecule has 1 heterocycles. The fourth-order valence-electron chi connectivity index (χ4n) is 2.12. The van der Waals surface area contributed by atoms with E-state index in [2.05, 4.69) is 0 Å². The maximum Gasteiger partial charge on any atom is 0.309 e. The Bertz CT molecular complexity index is 452. The molecule has 0 amide bonds. The van der Waals surface area contributed by atoms with Gasteiger partial charge in [-0.3, -0.25) is 4.79 Å². The van der Waals surface area contributed by atoms with Gasteiger partial charge in [-0.25, -0.2) is 8.78 Å². The SMILES string of the molecule is COc1cc(F)c(C2COC[C@@H]2C(=O)O)c(F)c1. The third-order valence-corrected chi connectivity index (χ3v) is 3.06. The summed E-state index contributed by atoms with van der Waals surface area (Å²) in [7, 11) is 1.30. The number of carboxylic acids is 1. The van der Waals surface area contributed by atoms with Gasteiger partial charge >= 0.3 is 5.97 Å². The van der Waals surface area contributed by atoms with E-state index in [0.717, 1.165) is 12.1 Å². The van der Waals surface area contributed by atoms with E-state index in [1.807, 2.05) is 0 Å². The average Bonchev–Trinajstić information content (AvgIpc) is 2.77. The summed E-state index contributed by atoms with van der Waals surface area (Å²) in [5.74, 6) is -4.43. The summed E-state index contributed by atoms with van der Waals surface area (Å²) < 4.78 is 37.4. The van der Waals surface area contributed by atoms with Crippen LogP contribution in [0.25, 0.3) is 0 Å². The van der Waals surface area contributed by atoms with Crippen LogP contribution in [0.2, 0.25) is 0 Å². The van der Waals surface area contributed by atoms with E-state index in [1.165, 1.54) is 7.11 Å². The third kappa shape index (κ3) is 2.15. The third-order valence-electron chi connectivity index (χ3n) is 3.06. The van der Waals surface area contributed by atoms with Gasteiger partial charge in [-0.2, -0.15) is 0 Å². The fraction of sp³-hybridized carbons (Fsp3) is 0.417. The van der Waals surface area contributed by atoms with Crippen molar-refractivity contribution in [2.75, 3.05) is 20.3 Å². The lowest BCUT2D eigenvalue weighted by Gasteiger charge is -2.16. The molecule has 1 aliphatic rings. The number of carbonyl (C=O) groups is 1. The van der Waals surface area contributed by atoms with Crippen LogP contribution in [0.3, 0.4) is 0 Å². The summed E-state index contributed by atoms with van der Waals surface area (Å²) in [6.07, 6.45) is 0. The molecule has 1 aromatic rings. The van der Waals surface area contributed by atoms with Gasteiger partial charge < -0.3 is 14.6 Å². The van der Waals surface area contributed by atoms with Gasteiger partial charge in [0.2, 0.25) is 0 Å². The van der Waals surface area contributed by atoms with Gasteiger partial charge in [-0.1, -0.05) is 0 Å². The van der Waals surface area contributed by atoms with E-state index in [1.54, 1.807) is 0 Å². The monoisotopic (exact) mass is 258 g/mol. The van der Waals surface area contributed by atoms with Crippen LogP contribution in [0.1, 0.15) is 11.5 Å². The molecule has 2 rings (SSSR count). The number of methoxy groups -OCH3 is 1. The largest absolute Gasteiger partial charge is 0.497 e. The number of benzene rings is 1. The Hall–Kier alpha value is -1.69. The molecule has 0 bridgehead atoms. The van der Waals surface area contributed by atoms with Gasteiger partial charge in [0.05, 0.1) is 26.2 Å². The van der Waals surface area contributed by atoms with E-state index in [4.69, 9.17) is 14.6 Å². The molecule has 4 nitrogen and oxygen atoms in total. The van der Waals surface area contributed by atoms with Gasteiger partial charge in [0.25, 0.3) is 0 Å². The zero-order valence-corrected chi connectivity index (χ0v) is 9.65. The molecular weight excluding hydrogens is 246 g/mol. The number of halogens is 2. The molecule has 18 heavy (non-hydrogen) atoms. The van der Waals surface area contributed by atoms with E-state index in [9.17, 15) is 13.6 Å². The number of carboxylic acid groups (broad SMARTS) is 1. The Kier molecular flexibility index (Phi) is 3.47. The van der Waals surface area contributed by atoms with Gasteiger partial charge in [-0.15, -0.1) is 0 Å². The fourth-order valence-corrected chi connectivity index (χ4v) is 2.12. The van der Waals surface area contributed by atoms with Crippen molar-refractivity contribution in [3.05, 3.63) is 29.3 Å². The first-order valence-corrected chi connectivity index (χ1v) is 5.38.